The second kappa shape index (κ2) is 8.81. The lowest BCUT2D eigenvalue weighted by atomic mass is 10.3. The molecule has 10 heteroatoms. The van der Waals surface area contributed by atoms with Crippen LogP contribution in [0.5, 0.6) is 5.75 Å². The third kappa shape index (κ3) is 5.62. The summed E-state index contributed by atoms with van der Waals surface area (Å²) in [4.78, 5) is 23.4. The third-order valence-electron chi connectivity index (χ3n) is 2.54. The largest absolute Gasteiger partial charge is 0.483 e. The molecule has 0 bridgehead atoms. The average molecular weight is 477 g/mol. The van der Waals surface area contributed by atoms with Crippen LogP contribution in [-0.4, -0.2) is 23.5 Å². The Balaban J connectivity index is 1.72. The van der Waals surface area contributed by atoms with Gasteiger partial charge in [-0.3, -0.25) is 25.8 Å². The number of amides is 2. The number of hydrogen-bond acceptors (Lipinski definition) is 5. The fourth-order valence-corrected chi connectivity index (χ4v) is 2.81. The molecule has 2 aromatic rings. The number of hydrazine groups is 1. The van der Waals surface area contributed by atoms with Crippen molar-refractivity contribution in [3.8, 4) is 5.75 Å². The smallest absolute Gasteiger partial charge is 0.293 e. The molecule has 0 aliphatic carbocycles. The van der Waals surface area contributed by atoms with Crippen LogP contribution in [0.4, 0.5) is 0 Å². The molecular formula is C14H11Br2N3O4S. The van der Waals surface area contributed by atoms with Gasteiger partial charge in [0.1, 0.15) is 5.75 Å². The maximum absolute atomic E-state index is 11.7. The molecule has 1 aromatic carbocycles. The highest BCUT2D eigenvalue weighted by Gasteiger charge is 2.11. The normalized spacial score (nSPS) is 9.92. The number of nitrogens with one attached hydrogen (secondary N) is 3. The predicted octanol–water partition coefficient (Wildman–Crippen LogP) is 2.52. The van der Waals surface area contributed by atoms with E-state index >= 15 is 0 Å². The van der Waals surface area contributed by atoms with E-state index < -0.39 is 11.8 Å². The fraction of sp³-hybridized carbons (Fsp3) is 0.0714. The molecule has 1 aromatic heterocycles. The molecule has 0 atom stereocenters. The van der Waals surface area contributed by atoms with Crippen LogP contribution in [0, 0.1) is 0 Å². The van der Waals surface area contributed by atoms with Gasteiger partial charge in [-0.1, -0.05) is 15.9 Å². The summed E-state index contributed by atoms with van der Waals surface area (Å²) in [6, 6.07) is 8.36. The molecule has 0 saturated carbocycles. The Morgan fingerprint density at radius 2 is 2.00 bits per heavy atom. The Kier molecular flexibility index (Phi) is 6.76. The summed E-state index contributed by atoms with van der Waals surface area (Å²) in [6.45, 7) is -0.234. The van der Waals surface area contributed by atoms with Gasteiger partial charge >= 0.3 is 0 Å². The Morgan fingerprint density at radius 3 is 2.67 bits per heavy atom. The van der Waals surface area contributed by atoms with Gasteiger partial charge in [0.15, 0.2) is 17.5 Å². The Hall–Kier alpha value is -1.91. The van der Waals surface area contributed by atoms with Crippen LogP contribution < -0.4 is 20.9 Å². The Bertz CT molecular complexity index is 752. The van der Waals surface area contributed by atoms with Crippen LogP contribution in [0.2, 0.25) is 0 Å². The van der Waals surface area contributed by atoms with Crippen molar-refractivity contribution in [1.82, 2.24) is 16.2 Å². The number of carbonyl (C=O) groups excluding carboxylic acids is 2. The number of furan rings is 1. The predicted molar refractivity (Wildman–Crippen MR) is 97.4 cm³/mol. The first-order valence-corrected chi connectivity index (χ1v) is 8.46. The molecule has 2 rings (SSSR count). The van der Waals surface area contributed by atoms with Crippen molar-refractivity contribution in [2.45, 2.75) is 0 Å². The summed E-state index contributed by atoms with van der Waals surface area (Å²) in [5.41, 5.74) is 4.70. The first kappa shape index (κ1) is 18.4. The standard InChI is InChI=1S/C14H11Br2N3O4S/c15-8-3-4-10(9(16)6-8)23-7-12(20)18-19-14(24)17-13(21)11-2-1-5-22-11/h1-6H,7H2,(H,18,20)(H2,17,19,21,24). The number of thiocarbonyl (C=S) groups is 1. The van der Waals surface area contributed by atoms with Gasteiger partial charge in [-0.15, -0.1) is 0 Å². The number of halogens is 2. The van der Waals surface area contributed by atoms with Crippen LogP contribution in [0.15, 0.2) is 50.0 Å². The fourth-order valence-electron chi connectivity index (χ4n) is 1.50. The van der Waals surface area contributed by atoms with Crippen molar-refractivity contribution < 1.29 is 18.7 Å². The van der Waals surface area contributed by atoms with Crippen LogP contribution in [0.25, 0.3) is 0 Å². The summed E-state index contributed by atoms with van der Waals surface area (Å²) < 4.78 is 11.9. The summed E-state index contributed by atoms with van der Waals surface area (Å²) >= 11 is 11.5. The van der Waals surface area contributed by atoms with Gasteiger partial charge in [0.05, 0.1) is 10.7 Å². The zero-order valence-electron chi connectivity index (χ0n) is 12.0. The molecule has 0 radical (unpaired) electrons. The van der Waals surface area contributed by atoms with Gasteiger partial charge in [0, 0.05) is 4.47 Å². The summed E-state index contributed by atoms with van der Waals surface area (Å²) in [6.07, 6.45) is 1.37. The van der Waals surface area contributed by atoms with E-state index in [0.717, 1.165) is 4.47 Å². The van der Waals surface area contributed by atoms with Gasteiger partial charge < -0.3 is 9.15 Å². The van der Waals surface area contributed by atoms with Crippen LogP contribution in [0.1, 0.15) is 10.6 Å². The highest BCUT2D eigenvalue weighted by Crippen LogP contribution is 2.27. The topological polar surface area (TPSA) is 92.6 Å². The van der Waals surface area contributed by atoms with E-state index in [-0.39, 0.29) is 17.5 Å². The van der Waals surface area contributed by atoms with Crippen molar-refractivity contribution in [1.29, 1.82) is 0 Å². The zero-order chi connectivity index (χ0) is 17.5. The Labute approximate surface area is 159 Å². The van der Waals surface area contributed by atoms with Crippen LogP contribution >= 0.6 is 44.1 Å². The highest BCUT2D eigenvalue weighted by molar-refractivity contribution is 9.11. The van der Waals surface area contributed by atoms with E-state index in [2.05, 4.69) is 48.0 Å². The molecule has 0 spiro atoms. The third-order valence-corrected chi connectivity index (χ3v) is 3.86. The molecular weight excluding hydrogens is 466 g/mol. The number of hydrogen-bond donors (Lipinski definition) is 3. The average Bonchev–Trinajstić information content (AvgIpc) is 3.06. The maximum atomic E-state index is 11.7. The Morgan fingerprint density at radius 1 is 1.21 bits per heavy atom. The number of ether oxygens (including phenoxy) is 1. The molecule has 126 valence electrons. The summed E-state index contributed by atoms with van der Waals surface area (Å²) in [5.74, 6) is -0.378. The number of carbonyl (C=O) groups is 2. The van der Waals surface area contributed by atoms with E-state index in [1.807, 2.05) is 0 Å². The van der Waals surface area contributed by atoms with Crippen molar-refractivity contribution in [3.05, 3.63) is 51.3 Å². The van der Waals surface area contributed by atoms with Crippen LogP contribution in [0.3, 0.4) is 0 Å². The molecule has 3 N–H and O–H groups in total. The van der Waals surface area contributed by atoms with Gasteiger partial charge in [-0.05, 0) is 58.5 Å². The highest BCUT2D eigenvalue weighted by atomic mass is 79.9. The quantitative estimate of drug-likeness (QED) is 0.463. The second-order valence-corrected chi connectivity index (χ2v) is 6.48. The molecule has 24 heavy (non-hydrogen) atoms. The van der Waals surface area contributed by atoms with Crippen molar-refractivity contribution in [2.24, 2.45) is 0 Å². The van der Waals surface area contributed by atoms with Crippen molar-refractivity contribution in [3.63, 3.8) is 0 Å². The molecule has 0 saturated heterocycles. The van der Waals surface area contributed by atoms with E-state index in [1.165, 1.54) is 12.3 Å². The SMILES string of the molecule is O=C(COc1ccc(Br)cc1Br)NNC(=S)NC(=O)c1ccco1. The lowest BCUT2D eigenvalue weighted by Crippen LogP contribution is -2.49. The molecule has 2 amide bonds. The zero-order valence-corrected chi connectivity index (χ0v) is 16.0. The molecule has 0 unspecified atom stereocenters. The minimum atomic E-state index is -0.526. The lowest BCUT2D eigenvalue weighted by molar-refractivity contribution is -0.123. The van der Waals surface area contributed by atoms with E-state index in [1.54, 1.807) is 24.3 Å². The van der Waals surface area contributed by atoms with Crippen LogP contribution in [-0.2, 0) is 4.79 Å². The molecule has 1 heterocycles. The molecule has 7 nitrogen and oxygen atoms in total. The van der Waals surface area contributed by atoms with Gasteiger partial charge in [-0.25, -0.2) is 0 Å². The first-order chi connectivity index (χ1) is 11.5. The van der Waals surface area contributed by atoms with E-state index in [4.69, 9.17) is 21.4 Å². The lowest BCUT2D eigenvalue weighted by Gasteiger charge is -2.11. The van der Waals surface area contributed by atoms with Crippen molar-refractivity contribution >= 4 is 61.0 Å². The van der Waals surface area contributed by atoms with E-state index in [9.17, 15) is 9.59 Å². The summed E-state index contributed by atoms with van der Waals surface area (Å²) in [5, 5.41) is 2.27. The van der Waals surface area contributed by atoms with Gasteiger partial charge in [0.25, 0.3) is 11.8 Å². The number of rotatable bonds is 4. The summed E-state index contributed by atoms with van der Waals surface area (Å²) in [7, 11) is 0. The minimum Gasteiger partial charge on any atom is -0.483 e. The molecule has 0 aliphatic heterocycles. The second-order valence-electron chi connectivity index (χ2n) is 4.30. The van der Waals surface area contributed by atoms with E-state index in [0.29, 0.717) is 10.2 Å². The van der Waals surface area contributed by atoms with Crippen molar-refractivity contribution in [2.75, 3.05) is 6.61 Å². The van der Waals surface area contributed by atoms with Gasteiger partial charge in [-0.2, -0.15) is 0 Å². The molecule has 0 aliphatic rings. The number of benzene rings is 1. The maximum Gasteiger partial charge on any atom is 0.293 e. The van der Waals surface area contributed by atoms with Gasteiger partial charge in [0.2, 0.25) is 0 Å². The minimum absolute atomic E-state index is 0.0745. The molecule has 0 fully saturated rings. The monoisotopic (exact) mass is 475 g/mol. The first-order valence-electron chi connectivity index (χ1n) is 6.47.